The number of hydrogen-bond donors (Lipinski definition) is 0. The molecule has 192 valence electrons. The first kappa shape index (κ1) is 27.4. The van der Waals surface area contributed by atoms with E-state index < -0.39 is 0 Å². The third kappa shape index (κ3) is 7.63. The Morgan fingerprint density at radius 2 is 1.20 bits per heavy atom. The number of nitrogens with zero attached hydrogens (tertiary/aromatic N) is 2. The summed E-state index contributed by atoms with van der Waals surface area (Å²) in [4.78, 5) is 5.18. The molecule has 0 radical (unpaired) electrons. The van der Waals surface area contributed by atoms with Crippen molar-refractivity contribution in [3.8, 4) is 0 Å². The van der Waals surface area contributed by atoms with E-state index in [4.69, 9.17) is 0 Å². The molecule has 1 heterocycles. The van der Waals surface area contributed by atoms with Gasteiger partial charge in [0, 0.05) is 38.3 Å². The topological polar surface area (TPSA) is 6.48 Å². The van der Waals surface area contributed by atoms with E-state index in [0.29, 0.717) is 5.92 Å². The molecule has 0 amide bonds. The third-order valence-corrected chi connectivity index (χ3v) is 8.06. The van der Waals surface area contributed by atoms with Gasteiger partial charge in [0.25, 0.3) is 0 Å². The Hall–Kier alpha value is -2.22. The average Bonchev–Trinajstić information content (AvgIpc) is 3.19. The van der Waals surface area contributed by atoms with Gasteiger partial charge in [-0.3, -0.25) is 0 Å². The predicted molar refractivity (Wildman–Crippen MR) is 152 cm³/mol. The van der Waals surface area contributed by atoms with Crippen molar-refractivity contribution in [1.29, 1.82) is 0 Å². The molecule has 0 spiro atoms. The molecule has 0 bridgehead atoms. The second-order valence-electron chi connectivity index (χ2n) is 10.6. The molecule has 1 aliphatic rings. The average molecular weight is 475 g/mol. The normalized spacial score (nSPS) is 18.4. The molecule has 3 rings (SSSR count). The van der Waals surface area contributed by atoms with E-state index in [0.717, 1.165) is 19.4 Å². The summed E-state index contributed by atoms with van der Waals surface area (Å²) >= 11 is 0. The van der Waals surface area contributed by atoms with Gasteiger partial charge < -0.3 is 9.80 Å². The minimum Gasteiger partial charge on any atom is -0.356 e. The predicted octanol–water partition coefficient (Wildman–Crippen LogP) is 9.15. The van der Waals surface area contributed by atoms with Crippen molar-refractivity contribution in [2.45, 2.75) is 109 Å². The van der Waals surface area contributed by atoms with Crippen molar-refractivity contribution in [2.24, 2.45) is 0 Å². The highest BCUT2D eigenvalue weighted by Crippen LogP contribution is 2.44. The van der Waals surface area contributed by atoms with Crippen LogP contribution in [-0.2, 0) is 6.42 Å². The van der Waals surface area contributed by atoms with Gasteiger partial charge in [0.1, 0.15) is 5.66 Å². The van der Waals surface area contributed by atoms with Crippen molar-refractivity contribution in [3.63, 3.8) is 0 Å². The van der Waals surface area contributed by atoms with Gasteiger partial charge in [0.05, 0.1) is 0 Å². The Bertz CT molecular complexity index is 831. The van der Waals surface area contributed by atoms with E-state index in [1.807, 2.05) is 0 Å². The summed E-state index contributed by atoms with van der Waals surface area (Å²) in [6.45, 7) is 5.79. The van der Waals surface area contributed by atoms with Crippen LogP contribution in [0.5, 0.6) is 0 Å². The molecule has 2 aromatic carbocycles. The lowest BCUT2D eigenvalue weighted by atomic mass is 9.78. The minimum atomic E-state index is -0.0596. The monoisotopic (exact) mass is 474 g/mol. The molecule has 0 saturated carbocycles. The van der Waals surface area contributed by atoms with Crippen molar-refractivity contribution in [1.82, 2.24) is 9.80 Å². The van der Waals surface area contributed by atoms with Crippen LogP contribution in [0.25, 0.3) is 0 Å². The Labute approximate surface area is 216 Å². The van der Waals surface area contributed by atoms with Gasteiger partial charge in [-0.05, 0) is 24.0 Å². The van der Waals surface area contributed by atoms with Crippen LogP contribution in [0.2, 0.25) is 0 Å². The first-order chi connectivity index (χ1) is 17.2. The molecule has 1 aliphatic heterocycles. The molecule has 0 aliphatic carbocycles. The number of unbranched alkanes of at least 4 members (excludes halogenated alkanes) is 10. The number of benzene rings is 2. The van der Waals surface area contributed by atoms with E-state index in [2.05, 4.69) is 104 Å². The van der Waals surface area contributed by atoms with Crippen LogP contribution in [0.1, 0.15) is 108 Å². The molecule has 2 nitrogen and oxygen atoms in total. The summed E-state index contributed by atoms with van der Waals surface area (Å²) < 4.78 is 0. The van der Waals surface area contributed by atoms with Crippen LogP contribution in [0, 0.1) is 0 Å². The van der Waals surface area contributed by atoms with E-state index >= 15 is 0 Å². The Kier molecular flexibility index (Phi) is 11.7. The fourth-order valence-corrected chi connectivity index (χ4v) is 6.06. The van der Waals surface area contributed by atoms with E-state index in [9.17, 15) is 0 Å². The summed E-state index contributed by atoms with van der Waals surface area (Å²) in [5, 5.41) is 0. The summed E-state index contributed by atoms with van der Waals surface area (Å²) in [5.41, 5.74) is 2.81. The number of rotatable bonds is 17. The molecule has 2 heteroatoms. The highest BCUT2D eigenvalue weighted by molar-refractivity contribution is 5.30. The Morgan fingerprint density at radius 3 is 1.77 bits per heavy atom. The Morgan fingerprint density at radius 1 is 0.657 bits per heavy atom. The minimum absolute atomic E-state index is 0.0596. The van der Waals surface area contributed by atoms with Crippen molar-refractivity contribution in [3.05, 3.63) is 84.2 Å². The molecular formula is C33H50N2. The van der Waals surface area contributed by atoms with Crippen LogP contribution in [0.3, 0.4) is 0 Å². The summed E-state index contributed by atoms with van der Waals surface area (Å²) in [5.74, 6) is 0.441. The van der Waals surface area contributed by atoms with Gasteiger partial charge >= 0.3 is 0 Å². The van der Waals surface area contributed by atoms with Crippen LogP contribution in [0.15, 0.2) is 73.1 Å². The number of hydrogen-bond acceptors (Lipinski definition) is 2. The zero-order valence-corrected chi connectivity index (χ0v) is 22.8. The van der Waals surface area contributed by atoms with Crippen molar-refractivity contribution in [2.75, 3.05) is 13.6 Å². The van der Waals surface area contributed by atoms with E-state index in [-0.39, 0.29) is 5.66 Å². The summed E-state index contributed by atoms with van der Waals surface area (Å²) in [6.07, 6.45) is 22.1. The van der Waals surface area contributed by atoms with Gasteiger partial charge in [-0.15, -0.1) is 0 Å². The highest BCUT2D eigenvalue weighted by Gasteiger charge is 2.47. The quantitative estimate of drug-likeness (QED) is 0.211. The maximum atomic E-state index is 2.68. The number of likely N-dealkylation sites (N-methyl/N-ethyl adjacent to an activating group) is 1. The molecule has 0 saturated heterocycles. The van der Waals surface area contributed by atoms with Crippen molar-refractivity contribution < 1.29 is 0 Å². The van der Waals surface area contributed by atoms with Gasteiger partial charge in [-0.2, -0.15) is 0 Å². The van der Waals surface area contributed by atoms with Gasteiger partial charge in [0.15, 0.2) is 0 Å². The molecule has 2 aromatic rings. The molecular weight excluding hydrogens is 424 g/mol. The van der Waals surface area contributed by atoms with E-state index in [1.54, 1.807) is 0 Å². The lowest BCUT2D eigenvalue weighted by molar-refractivity contribution is 0.0121. The Balaban J connectivity index is 1.60. The maximum Gasteiger partial charge on any atom is 0.123 e. The zero-order chi connectivity index (χ0) is 24.8. The van der Waals surface area contributed by atoms with Crippen LogP contribution >= 0.6 is 0 Å². The van der Waals surface area contributed by atoms with Crippen LogP contribution < -0.4 is 0 Å². The zero-order valence-electron chi connectivity index (χ0n) is 22.8. The first-order valence-electron chi connectivity index (χ1n) is 14.5. The lowest BCUT2D eigenvalue weighted by Crippen LogP contribution is -2.58. The van der Waals surface area contributed by atoms with Crippen LogP contribution in [0.4, 0.5) is 0 Å². The molecule has 0 aromatic heterocycles. The smallest absolute Gasteiger partial charge is 0.123 e. The second-order valence-corrected chi connectivity index (χ2v) is 10.6. The van der Waals surface area contributed by atoms with Gasteiger partial charge in [-0.1, -0.05) is 139 Å². The standard InChI is InChI=1S/C33H50N2/c1-4-6-7-8-9-10-11-12-13-14-21-26-35-28-27-34(3)33(35,29-30-22-17-15-18-23-30)32(5-2)31-24-19-16-20-25-31/h15-20,22-25,27-28,32H,4-14,21,26,29H2,1-3H3. The fraction of sp³-hybridized carbons (Fsp3) is 0.576. The maximum absolute atomic E-state index is 2.68. The molecule has 2 atom stereocenters. The highest BCUT2D eigenvalue weighted by atomic mass is 15.4. The molecule has 35 heavy (non-hydrogen) atoms. The van der Waals surface area contributed by atoms with Crippen LogP contribution in [-0.4, -0.2) is 29.1 Å². The molecule has 2 unspecified atom stereocenters. The third-order valence-electron chi connectivity index (χ3n) is 8.06. The summed E-state index contributed by atoms with van der Waals surface area (Å²) in [7, 11) is 2.28. The largest absolute Gasteiger partial charge is 0.356 e. The SMILES string of the molecule is CCCCCCCCCCCCCN1C=CN(C)C1(Cc1ccccc1)C(CC)c1ccccc1. The molecule has 0 fully saturated rings. The summed E-state index contributed by atoms with van der Waals surface area (Å²) in [6, 6.07) is 22.3. The van der Waals surface area contributed by atoms with Crippen molar-refractivity contribution >= 4 is 0 Å². The van der Waals surface area contributed by atoms with E-state index in [1.165, 1.54) is 81.8 Å². The lowest BCUT2D eigenvalue weighted by Gasteiger charge is -2.50. The van der Waals surface area contributed by atoms with Gasteiger partial charge in [-0.25, -0.2) is 0 Å². The fourth-order valence-electron chi connectivity index (χ4n) is 6.06. The molecule has 0 N–H and O–H groups in total. The first-order valence-corrected chi connectivity index (χ1v) is 14.5. The second kappa shape index (κ2) is 15.0. The van der Waals surface area contributed by atoms with Gasteiger partial charge in [0.2, 0.25) is 0 Å².